The molecule has 0 saturated carbocycles. The molecule has 100 valence electrons. The van der Waals surface area contributed by atoms with Gasteiger partial charge in [0.1, 0.15) is 5.01 Å². The molecule has 0 saturated heterocycles. The lowest BCUT2D eigenvalue weighted by atomic mass is 9.93. The van der Waals surface area contributed by atoms with Crippen molar-refractivity contribution in [2.75, 3.05) is 0 Å². The van der Waals surface area contributed by atoms with Crippen LogP contribution in [0.25, 0.3) is 12.2 Å². The largest absolute Gasteiger partial charge is 0.324 e. The van der Waals surface area contributed by atoms with Crippen molar-refractivity contribution >= 4 is 39.8 Å². The summed E-state index contributed by atoms with van der Waals surface area (Å²) < 4.78 is 0. The normalized spacial score (nSPS) is 12.2. The minimum Gasteiger partial charge on any atom is -0.258 e. The lowest BCUT2D eigenvalue weighted by molar-refractivity contribution is -0.380. The Morgan fingerprint density at radius 3 is 2.53 bits per heavy atom. The standard InChI is InChI=1S/C13H14N2O2S2/c1-13(2,3)10-8-18-11(14-10)5-4-9-6-12(15(16)17)19-7-9/h4-8H,1-3H3. The van der Waals surface area contributed by atoms with Crippen LogP contribution in [0.15, 0.2) is 16.8 Å². The summed E-state index contributed by atoms with van der Waals surface area (Å²) in [6.45, 7) is 6.37. The quantitative estimate of drug-likeness (QED) is 0.615. The van der Waals surface area contributed by atoms with E-state index in [1.807, 2.05) is 12.2 Å². The van der Waals surface area contributed by atoms with Crippen LogP contribution < -0.4 is 0 Å². The Kier molecular flexibility index (Phi) is 3.82. The van der Waals surface area contributed by atoms with Gasteiger partial charge in [0.2, 0.25) is 0 Å². The summed E-state index contributed by atoms with van der Waals surface area (Å²) in [6.07, 6.45) is 3.75. The Bertz CT molecular complexity index is 621. The maximum atomic E-state index is 10.6. The number of nitrogens with zero attached hydrogens (tertiary/aromatic N) is 2. The fraction of sp³-hybridized carbons (Fsp3) is 0.308. The second kappa shape index (κ2) is 5.22. The molecule has 0 aromatic carbocycles. The first-order valence-corrected chi connectivity index (χ1v) is 7.49. The van der Waals surface area contributed by atoms with E-state index in [0.29, 0.717) is 0 Å². The zero-order chi connectivity index (χ0) is 14.0. The molecule has 2 aromatic rings. The Morgan fingerprint density at radius 2 is 2.00 bits per heavy atom. The molecule has 0 N–H and O–H groups in total. The van der Waals surface area contributed by atoms with Crippen LogP contribution in [-0.2, 0) is 5.41 Å². The van der Waals surface area contributed by atoms with Crippen LogP contribution >= 0.6 is 22.7 Å². The fourth-order valence-electron chi connectivity index (χ4n) is 1.40. The predicted molar refractivity (Wildman–Crippen MR) is 80.7 cm³/mol. The highest BCUT2D eigenvalue weighted by molar-refractivity contribution is 7.13. The zero-order valence-corrected chi connectivity index (χ0v) is 12.5. The average Bonchev–Trinajstić information content (AvgIpc) is 2.95. The molecule has 0 aliphatic carbocycles. The highest BCUT2D eigenvalue weighted by Gasteiger charge is 2.16. The van der Waals surface area contributed by atoms with Gasteiger partial charge in [-0.1, -0.05) is 38.2 Å². The zero-order valence-electron chi connectivity index (χ0n) is 10.9. The average molecular weight is 294 g/mol. The summed E-state index contributed by atoms with van der Waals surface area (Å²) in [4.78, 5) is 14.8. The second-order valence-electron chi connectivity index (χ2n) is 5.13. The summed E-state index contributed by atoms with van der Waals surface area (Å²) in [7, 11) is 0. The van der Waals surface area contributed by atoms with Gasteiger partial charge in [-0.15, -0.1) is 11.3 Å². The number of hydrogen-bond donors (Lipinski definition) is 0. The minimum absolute atomic E-state index is 0.0454. The molecule has 0 aliphatic rings. The first kappa shape index (κ1) is 13.9. The van der Waals surface area contributed by atoms with Crippen molar-refractivity contribution in [1.29, 1.82) is 0 Å². The fourth-order valence-corrected chi connectivity index (χ4v) is 3.03. The number of hydrogen-bond acceptors (Lipinski definition) is 5. The molecule has 0 radical (unpaired) electrons. The molecule has 4 nitrogen and oxygen atoms in total. The number of nitro groups is 1. The molecule has 0 amide bonds. The summed E-state index contributed by atoms with van der Waals surface area (Å²) in [5.74, 6) is 0. The molecule has 2 aromatic heterocycles. The van der Waals surface area contributed by atoms with Gasteiger partial charge in [-0.05, 0) is 11.6 Å². The van der Waals surface area contributed by atoms with Crippen LogP contribution in [-0.4, -0.2) is 9.91 Å². The van der Waals surface area contributed by atoms with Crippen LogP contribution in [0.2, 0.25) is 0 Å². The highest BCUT2D eigenvalue weighted by Crippen LogP contribution is 2.26. The smallest absolute Gasteiger partial charge is 0.258 e. The molecule has 2 rings (SSSR count). The SMILES string of the molecule is CC(C)(C)c1csc(C=Cc2csc([N+](=O)[O-])c2)n1. The van der Waals surface area contributed by atoms with E-state index in [0.717, 1.165) is 27.6 Å². The van der Waals surface area contributed by atoms with E-state index in [4.69, 9.17) is 0 Å². The first-order chi connectivity index (χ1) is 8.86. The van der Waals surface area contributed by atoms with Gasteiger partial charge in [0.05, 0.1) is 10.6 Å². The number of aromatic nitrogens is 1. The van der Waals surface area contributed by atoms with Crippen molar-refractivity contribution < 1.29 is 4.92 Å². The predicted octanol–water partition coefficient (Wildman–Crippen LogP) is 4.58. The van der Waals surface area contributed by atoms with E-state index in [9.17, 15) is 10.1 Å². The van der Waals surface area contributed by atoms with E-state index >= 15 is 0 Å². The van der Waals surface area contributed by atoms with E-state index in [2.05, 4.69) is 31.1 Å². The minimum atomic E-state index is -0.372. The number of rotatable bonds is 3. The lowest BCUT2D eigenvalue weighted by Gasteiger charge is -2.13. The Labute approximate surface area is 119 Å². The van der Waals surface area contributed by atoms with Gasteiger partial charge in [0.25, 0.3) is 0 Å². The van der Waals surface area contributed by atoms with E-state index in [1.165, 1.54) is 0 Å². The molecular weight excluding hydrogens is 280 g/mol. The lowest BCUT2D eigenvalue weighted by Crippen LogP contribution is -2.11. The van der Waals surface area contributed by atoms with Gasteiger partial charge < -0.3 is 0 Å². The molecule has 0 spiro atoms. The topological polar surface area (TPSA) is 56.0 Å². The summed E-state index contributed by atoms with van der Waals surface area (Å²) in [5, 5.41) is 15.5. The number of thiophene rings is 1. The molecule has 19 heavy (non-hydrogen) atoms. The van der Waals surface area contributed by atoms with Crippen LogP contribution in [0.4, 0.5) is 5.00 Å². The van der Waals surface area contributed by atoms with Crippen LogP contribution in [0.1, 0.15) is 37.0 Å². The third kappa shape index (κ3) is 3.48. The molecular formula is C13H14N2O2S2. The van der Waals surface area contributed by atoms with Gasteiger partial charge in [0.15, 0.2) is 0 Å². The Hall–Kier alpha value is -1.53. The molecule has 0 aliphatic heterocycles. The maximum Gasteiger partial charge on any atom is 0.324 e. The highest BCUT2D eigenvalue weighted by atomic mass is 32.1. The molecule has 6 heteroatoms. The van der Waals surface area contributed by atoms with E-state index < -0.39 is 0 Å². The van der Waals surface area contributed by atoms with Crippen molar-refractivity contribution in [1.82, 2.24) is 4.98 Å². The van der Waals surface area contributed by atoms with Crippen molar-refractivity contribution in [3.8, 4) is 0 Å². The third-order valence-corrected chi connectivity index (χ3v) is 4.20. The first-order valence-electron chi connectivity index (χ1n) is 5.73. The van der Waals surface area contributed by atoms with Crippen LogP contribution in [0.5, 0.6) is 0 Å². The van der Waals surface area contributed by atoms with Crippen LogP contribution in [0.3, 0.4) is 0 Å². The van der Waals surface area contributed by atoms with Gasteiger partial charge >= 0.3 is 5.00 Å². The van der Waals surface area contributed by atoms with Crippen molar-refractivity contribution in [2.45, 2.75) is 26.2 Å². The molecule has 0 fully saturated rings. The van der Waals surface area contributed by atoms with Crippen molar-refractivity contribution in [3.63, 3.8) is 0 Å². The van der Waals surface area contributed by atoms with E-state index in [1.54, 1.807) is 22.8 Å². The van der Waals surface area contributed by atoms with Gasteiger partial charge in [0, 0.05) is 22.2 Å². The Morgan fingerprint density at radius 1 is 1.26 bits per heavy atom. The third-order valence-electron chi connectivity index (χ3n) is 2.49. The Balaban J connectivity index is 2.14. The summed E-state index contributed by atoms with van der Waals surface area (Å²) in [6, 6.07) is 1.57. The van der Waals surface area contributed by atoms with Gasteiger partial charge in [-0.2, -0.15) is 0 Å². The van der Waals surface area contributed by atoms with Gasteiger partial charge in [-0.25, -0.2) is 4.98 Å². The summed E-state index contributed by atoms with van der Waals surface area (Å²) in [5.41, 5.74) is 1.95. The molecule has 0 bridgehead atoms. The monoisotopic (exact) mass is 294 g/mol. The maximum absolute atomic E-state index is 10.6. The molecule has 0 atom stereocenters. The van der Waals surface area contributed by atoms with Gasteiger partial charge in [-0.3, -0.25) is 10.1 Å². The molecule has 0 unspecified atom stereocenters. The van der Waals surface area contributed by atoms with Crippen molar-refractivity contribution in [3.05, 3.63) is 43.2 Å². The summed E-state index contributed by atoms with van der Waals surface area (Å²) >= 11 is 2.72. The van der Waals surface area contributed by atoms with Crippen molar-refractivity contribution in [2.24, 2.45) is 0 Å². The molecule has 2 heterocycles. The second-order valence-corrected chi connectivity index (χ2v) is 6.91. The number of thiazole rings is 1. The van der Waals surface area contributed by atoms with Crippen LogP contribution in [0, 0.1) is 10.1 Å². The van der Waals surface area contributed by atoms with E-state index in [-0.39, 0.29) is 15.3 Å².